The number of nitrogens with zero attached hydrogens (tertiary/aromatic N) is 2. The van der Waals surface area contributed by atoms with Crippen molar-refractivity contribution in [2.24, 2.45) is 0 Å². The molecule has 92 valence electrons. The summed E-state index contributed by atoms with van der Waals surface area (Å²) in [7, 11) is 0. The van der Waals surface area contributed by atoms with Gasteiger partial charge in [0, 0.05) is 36.0 Å². The monoisotopic (exact) mass is 246 g/mol. The van der Waals surface area contributed by atoms with Gasteiger partial charge in [-0.25, -0.2) is 0 Å². The van der Waals surface area contributed by atoms with Gasteiger partial charge < -0.3 is 5.32 Å². The van der Waals surface area contributed by atoms with Crippen LogP contribution in [0.2, 0.25) is 0 Å². The number of carbonyl (C=O) groups excluding carboxylic acids is 1. The SMILES string of the molecule is O=C(NCc1cn[nH]c1)c1cccc([N+](=O)[O-])c1. The number of rotatable bonds is 4. The molecule has 18 heavy (non-hydrogen) atoms. The fourth-order valence-electron chi connectivity index (χ4n) is 1.42. The number of amides is 1. The highest BCUT2D eigenvalue weighted by molar-refractivity contribution is 5.94. The Morgan fingerprint density at radius 1 is 1.50 bits per heavy atom. The molecule has 0 fully saturated rings. The van der Waals surface area contributed by atoms with Gasteiger partial charge in [-0.3, -0.25) is 20.0 Å². The zero-order valence-electron chi connectivity index (χ0n) is 9.29. The van der Waals surface area contributed by atoms with E-state index in [4.69, 9.17) is 0 Å². The van der Waals surface area contributed by atoms with E-state index < -0.39 is 4.92 Å². The molecule has 0 unspecified atom stereocenters. The molecule has 1 aromatic carbocycles. The molecular formula is C11H10N4O3. The molecule has 0 bridgehead atoms. The van der Waals surface area contributed by atoms with Gasteiger partial charge in [0.25, 0.3) is 11.6 Å². The third kappa shape index (κ3) is 2.70. The Hall–Kier alpha value is -2.70. The number of aromatic nitrogens is 2. The van der Waals surface area contributed by atoms with Crippen molar-refractivity contribution in [3.63, 3.8) is 0 Å². The van der Waals surface area contributed by atoms with Gasteiger partial charge in [0.15, 0.2) is 0 Å². The quantitative estimate of drug-likeness (QED) is 0.626. The number of carbonyl (C=O) groups is 1. The van der Waals surface area contributed by atoms with Gasteiger partial charge in [-0.15, -0.1) is 0 Å². The minimum Gasteiger partial charge on any atom is -0.348 e. The molecular weight excluding hydrogens is 236 g/mol. The van der Waals surface area contributed by atoms with E-state index in [1.165, 1.54) is 24.3 Å². The number of hydrogen-bond acceptors (Lipinski definition) is 4. The van der Waals surface area contributed by atoms with Gasteiger partial charge in [0.05, 0.1) is 11.1 Å². The van der Waals surface area contributed by atoms with Gasteiger partial charge in [-0.2, -0.15) is 5.10 Å². The van der Waals surface area contributed by atoms with Crippen LogP contribution in [0.25, 0.3) is 0 Å². The summed E-state index contributed by atoms with van der Waals surface area (Å²) in [4.78, 5) is 21.8. The van der Waals surface area contributed by atoms with Crippen LogP contribution in [0.4, 0.5) is 5.69 Å². The third-order valence-electron chi connectivity index (χ3n) is 2.33. The van der Waals surface area contributed by atoms with Crippen LogP contribution in [0, 0.1) is 10.1 Å². The topological polar surface area (TPSA) is 101 Å². The maximum atomic E-state index is 11.8. The normalized spacial score (nSPS) is 10.0. The molecule has 7 heteroatoms. The lowest BCUT2D eigenvalue weighted by Gasteiger charge is -2.03. The van der Waals surface area contributed by atoms with E-state index in [0.717, 1.165) is 5.56 Å². The van der Waals surface area contributed by atoms with E-state index in [-0.39, 0.29) is 17.2 Å². The minimum absolute atomic E-state index is 0.106. The van der Waals surface area contributed by atoms with Crippen molar-refractivity contribution >= 4 is 11.6 Å². The molecule has 2 rings (SSSR count). The van der Waals surface area contributed by atoms with Crippen molar-refractivity contribution in [1.82, 2.24) is 15.5 Å². The van der Waals surface area contributed by atoms with E-state index in [0.29, 0.717) is 6.54 Å². The van der Waals surface area contributed by atoms with Crippen LogP contribution >= 0.6 is 0 Å². The maximum Gasteiger partial charge on any atom is 0.270 e. The van der Waals surface area contributed by atoms with Crippen molar-refractivity contribution in [2.75, 3.05) is 0 Å². The van der Waals surface area contributed by atoms with Crippen molar-refractivity contribution in [1.29, 1.82) is 0 Å². The molecule has 0 saturated heterocycles. The molecule has 0 spiro atoms. The summed E-state index contributed by atoms with van der Waals surface area (Å²) in [6.07, 6.45) is 3.25. The highest BCUT2D eigenvalue weighted by Gasteiger charge is 2.11. The number of nitro groups is 1. The number of nitro benzene ring substituents is 1. The molecule has 1 heterocycles. The van der Waals surface area contributed by atoms with Crippen LogP contribution in [-0.2, 0) is 6.54 Å². The highest BCUT2D eigenvalue weighted by atomic mass is 16.6. The number of benzene rings is 1. The second-order valence-corrected chi connectivity index (χ2v) is 3.60. The van der Waals surface area contributed by atoms with Crippen molar-refractivity contribution < 1.29 is 9.72 Å². The summed E-state index contributed by atoms with van der Waals surface area (Å²) < 4.78 is 0. The third-order valence-corrected chi connectivity index (χ3v) is 2.33. The maximum absolute atomic E-state index is 11.8. The van der Waals surface area contributed by atoms with Crippen LogP contribution in [0.5, 0.6) is 0 Å². The van der Waals surface area contributed by atoms with Crippen LogP contribution in [0.15, 0.2) is 36.7 Å². The van der Waals surface area contributed by atoms with E-state index >= 15 is 0 Å². The summed E-state index contributed by atoms with van der Waals surface area (Å²) in [6, 6.07) is 5.58. The molecule has 0 radical (unpaired) electrons. The van der Waals surface area contributed by atoms with Crippen molar-refractivity contribution in [3.8, 4) is 0 Å². The highest BCUT2D eigenvalue weighted by Crippen LogP contribution is 2.12. The first kappa shape index (κ1) is 11.8. The Labute approximate surface area is 102 Å². The number of non-ortho nitro benzene ring substituents is 1. The molecule has 0 atom stereocenters. The van der Waals surface area contributed by atoms with Crippen molar-refractivity contribution in [3.05, 3.63) is 57.9 Å². The zero-order valence-corrected chi connectivity index (χ0v) is 9.29. The van der Waals surface area contributed by atoms with Gasteiger partial charge >= 0.3 is 0 Å². The first-order chi connectivity index (χ1) is 8.66. The summed E-state index contributed by atoms with van der Waals surface area (Å²) in [5.41, 5.74) is 0.979. The van der Waals surface area contributed by atoms with Gasteiger partial charge in [0.2, 0.25) is 0 Å². The fourth-order valence-corrected chi connectivity index (χ4v) is 1.42. The first-order valence-corrected chi connectivity index (χ1v) is 5.17. The molecule has 0 aliphatic rings. The van der Waals surface area contributed by atoms with Crippen LogP contribution in [-0.4, -0.2) is 21.0 Å². The minimum atomic E-state index is -0.535. The second-order valence-electron chi connectivity index (χ2n) is 3.60. The lowest BCUT2D eigenvalue weighted by atomic mass is 10.2. The molecule has 0 aliphatic heterocycles. The second kappa shape index (κ2) is 5.09. The number of hydrogen-bond donors (Lipinski definition) is 2. The summed E-state index contributed by atoms with van der Waals surface area (Å²) in [6.45, 7) is 0.317. The van der Waals surface area contributed by atoms with Crippen LogP contribution in [0.3, 0.4) is 0 Å². The predicted molar refractivity (Wildman–Crippen MR) is 62.9 cm³/mol. The van der Waals surface area contributed by atoms with Crippen LogP contribution < -0.4 is 5.32 Å². The van der Waals surface area contributed by atoms with Crippen LogP contribution in [0.1, 0.15) is 15.9 Å². The smallest absolute Gasteiger partial charge is 0.270 e. The number of nitrogens with one attached hydrogen (secondary N) is 2. The van der Waals surface area contributed by atoms with E-state index in [1.54, 1.807) is 12.4 Å². The summed E-state index contributed by atoms with van der Waals surface area (Å²) in [5.74, 6) is -0.361. The van der Waals surface area contributed by atoms with Gasteiger partial charge in [0.1, 0.15) is 0 Å². The molecule has 1 aromatic heterocycles. The molecule has 0 saturated carbocycles. The Morgan fingerprint density at radius 2 is 2.33 bits per heavy atom. The number of H-pyrrole nitrogens is 1. The predicted octanol–water partition coefficient (Wildman–Crippen LogP) is 1.25. The van der Waals surface area contributed by atoms with E-state index in [1.807, 2.05) is 0 Å². The zero-order chi connectivity index (χ0) is 13.0. The first-order valence-electron chi connectivity index (χ1n) is 5.17. The molecule has 7 nitrogen and oxygen atoms in total. The molecule has 0 aliphatic carbocycles. The molecule has 1 amide bonds. The Balaban J connectivity index is 2.04. The lowest BCUT2D eigenvalue weighted by Crippen LogP contribution is -2.22. The molecule has 2 N–H and O–H groups in total. The van der Waals surface area contributed by atoms with Crippen molar-refractivity contribution in [2.45, 2.75) is 6.54 Å². The molecule has 2 aromatic rings. The Morgan fingerprint density at radius 3 is 3.00 bits per heavy atom. The lowest BCUT2D eigenvalue weighted by molar-refractivity contribution is -0.384. The fraction of sp³-hybridized carbons (Fsp3) is 0.0909. The van der Waals surface area contributed by atoms with Gasteiger partial charge in [-0.05, 0) is 6.07 Å². The van der Waals surface area contributed by atoms with Gasteiger partial charge in [-0.1, -0.05) is 6.07 Å². The van der Waals surface area contributed by atoms with E-state index in [2.05, 4.69) is 15.5 Å². The Kier molecular flexibility index (Phi) is 3.33. The standard InChI is InChI=1S/C11H10N4O3/c16-11(12-5-8-6-13-14-7-8)9-2-1-3-10(4-9)15(17)18/h1-4,6-7H,5H2,(H,12,16)(H,13,14). The van der Waals surface area contributed by atoms with E-state index in [9.17, 15) is 14.9 Å². The average Bonchev–Trinajstić information content (AvgIpc) is 2.89. The summed E-state index contributed by atoms with van der Waals surface area (Å²) in [5, 5.41) is 19.6. The number of aromatic amines is 1. The summed E-state index contributed by atoms with van der Waals surface area (Å²) >= 11 is 0. The Bertz CT molecular complexity index is 565. The average molecular weight is 246 g/mol. The largest absolute Gasteiger partial charge is 0.348 e.